The van der Waals surface area contributed by atoms with Crippen molar-refractivity contribution in [2.45, 2.75) is 45.4 Å². The largest absolute Gasteiger partial charge is 0.467 e. The molecule has 5 atom stereocenters. The van der Waals surface area contributed by atoms with Gasteiger partial charge in [0.1, 0.15) is 6.10 Å². The highest BCUT2D eigenvalue weighted by Gasteiger charge is 2.50. The van der Waals surface area contributed by atoms with Gasteiger partial charge in [0.25, 0.3) is 0 Å². The van der Waals surface area contributed by atoms with Gasteiger partial charge in [-0.15, -0.1) is 0 Å². The van der Waals surface area contributed by atoms with Crippen molar-refractivity contribution in [1.82, 2.24) is 0 Å². The second kappa shape index (κ2) is 7.37. The molecule has 21 heavy (non-hydrogen) atoms. The van der Waals surface area contributed by atoms with E-state index in [1.807, 2.05) is 0 Å². The zero-order valence-corrected chi connectivity index (χ0v) is 12.7. The summed E-state index contributed by atoms with van der Waals surface area (Å²) in [4.78, 5) is 34.2. The van der Waals surface area contributed by atoms with E-state index in [-0.39, 0.29) is 0 Å². The molecular weight excluding hydrogens is 284 g/mol. The number of hydrogen-bond acceptors (Lipinski definition) is 8. The van der Waals surface area contributed by atoms with Crippen LogP contribution in [0.3, 0.4) is 0 Å². The summed E-state index contributed by atoms with van der Waals surface area (Å²) in [5, 5.41) is 0. The number of rotatable bonds is 4. The third-order valence-electron chi connectivity index (χ3n) is 3.15. The second-order valence-corrected chi connectivity index (χ2v) is 4.69. The Morgan fingerprint density at radius 1 is 0.952 bits per heavy atom. The average Bonchev–Trinajstić information content (AvgIpc) is 2.41. The highest BCUT2D eigenvalue weighted by molar-refractivity contribution is 5.76. The number of hydrogen-bond donors (Lipinski definition) is 0. The van der Waals surface area contributed by atoms with Gasteiger partial charge in [-0.3, -0.25) is 9.59 Å². The van der Waals surface area contributed by atoms with Crippen LogP contribution in [0.4, 0.5) is 0 Å². The van der Waals surface area contributed by atoms with Gasteiger partial charge in [-0.1, -0.05) is 6.92 Å². The normalized spacial score (nSPS) is 32.1. The molecule has 5 unspecified atom stereocenters. The van der Waals surface area contributed by atoms with E-state index in [1.54, 1.807) is 6.92 Å². The molecule has 1 heterocycles. The van der Waals surface area contributed by atoms with E-state index < -0.39 is 48.4 Å². The van der Waals surface area contributed by atoms with E-state index in [0.717, 1.165) is 0 Å². The summed E-state index contributed by atoms with van der Waals surface area (Å²) in [5.74, 6) is -2.32. The predicted octanol–water partition coefficient (Wildman–Crippen LogP) is 0.0302. The van der Waals surface area contributed by atoms with Crippen LogP contribution in [0, 0.1) is 5.92 Å². The Kier molecular flexibility index (Phi) is 6.10. The fourth-order valence-electron chi connectivity index (χ4n) is 2.22. The molecule has 0 spiro atoms. The standard InChI is InChI=1S/C13H20O8/c1-6-9(19-7(2)14)11(12(16)17-4)21-13(18-5)10(6)20-8(3)15/h6,9-11,13H,1-5H3. The Morgan fingerprint density at radius 2 is 1.48 bits per heavy atom. The molecule has 0 saturated carbocycles. The van der Waals surface area contributed by atoms with Crippen molar-refractivity contribution in [2.75, 3.05) is 14.2 Å². The Hall–Kier alpha value is -1.67. The Labute approximate surface area is 122 Å². The van der Waals surface area contributed by atoms with Gasteiger partial charge in [0, 0.05) is 26.9 Å². The molecule has 0 aromatic rings. The molecule has 1 rings (SSSR count). The van der Waals surface area contributed by atoms with E-state index in [2.05, 4.69) is 4.74 Å². The van der Waals surface area contributed by atoms with Crippen LogP contribution in [0.2, 0.25) is 0 Å². The third-order valence-corrected chi connectivity index (χ3v) is 3.15. The lowest BCUT2D eigenvalue weighted by Crippen LogP contribution is -2.58. The predicted molar refractivity (Wildman–Crippen MR) is 68.0 cm³/mol. The molecule has 8 nitrogen and oxygen atoms in total. The molecule has 0 aromatic heterocycles. The fraction of sp³-hybridized carbons (Fsp3) is 0.769. The van der Waals surface area contributed by atoms with Gasteiger partial charge in [-0.05, 0) is 0 Å². The zero-order valence-electron chi connectivity index (χ0n) is 12.7. The monoisotopic (exact) mass is 304 g/mol. The van der Waals surface area contributed by atoms with E-state index >= 15 is 0 Å². The molecule has 1 aliphatic rings. The van der Waals surface area contributed by atoms with Gasteiger partial charge in [-0.25, -0.2) is 4.79 Å². The Balaban J connectivity index is 3.05. The van der Waals surface area contributed by atoms with Crippen molar-refractivity contribution in [3.8, 4) is 0 Å². The molecule has 1 fully saturated rings. The van der Waals surface area contributed by atoms with Crippen LogP contribution >= 0.6 is 0 Å². The van der Waals surface area contributed by atoms with Crippen molar-refractivity contribution in [1.29, 1.82) is 0 Å². The maximum absolute atomic E-state index is 11.8. The summed E-state index contributed by atoms with van der Waals surface area (Å²) in [6.07, 6.45) is -3.85. The molecule has 120 valence electrons. The highest BCUT2D eigenvalue weighted by Crippen LogP contribution is 2.31. The summed E-state index contributed by atoms with van der Waals surface area (Å²) in [6, 6.07) is 0. The van der Waals surface area contributed by atoms with Crippen molar-refractivity contribution in [2.24, 2.45) is 5.92 Å². The lowest BCUT2D eigenvalue weighted by molar-refractivity contribution is -0.280. The van der Waals surface area contributed by atoms with Crippen molar-refractivity contribution in [3.63, 3.8) is 0 Å². The molecule has 8 heteroatoms. The lowest BCUT2D eigenvalue weighted by atomic mass is 9.90. The van der Waals surface area contributed by atoms with Crippen LogP contribution in [-0.2, 0) is 38.1 Å². The van der Waals surface area contributed by atoms with Crippen molar-refractivity contribution < 1.29 is 38.1 Å². The first-order valence-electron chi connectivity index (χ1n) is 6.42. The van der Waals surface area contributed by atoms with Gasteiger partial charge >= 0.3 is 17.9 Å². The number of ether oxygens (including phenoxy) is 5. The molecule has 0 aromatic carbocycles. The van der Waals surface area contributed by atoms with E-state index in [9.17, 15) is 14.4 Å². The van der Waals surface area contributed by atoms with Crippen LogP contribution in [0.25, 0.3) is 0 Å². The van der Waals surface area contributed by atoms with E-state index in [0.29, 0.717) is 0 Å². The maximum Gasteiger partial charge on any atom is 0.339 e. The minimum absolute atomic E-state index is 0.513. The van der Waals surface area contributed by atoms with Gasteiger partial charge in [0.2, 0.25) is 0 Å². The van der Waals surface area contributed by atoms with Crippen LogP contribution in [0.15, 0.2) is 0 Å². The summed E-state index contributed by atoms with van der Waals surface area (Å²) in [5.41, 5.74) is 0. The number of carbonyl (C=O) groups is 3. The van der Waals surface area contributed by atoms with Crippen LogP contribution in [0.1, 0.15) is 20.8 Å². The smallest absolute Gasteiger partial charge is 0.339 e. The zero-order chi connectivity index (χ0) is 16.2. The van der Waals surface area contributed by atoms with Gasteiger partial charge < -0.3 is 23.7 Å². The molecule has 0 N–H and O–H groups in total. The van der Waals surface area contributed by atoms with E-state index in [1.165, 1.54) is 28.1 Å². The average molecular weight is 304 g/mol. The lowest BCUT2D eigenvalue weighted by Gasteiger charge is -2.42. The molecule has 0 radical (unpaired) electrons. The first-order valence-corrected chi connectivity index (χ1v) is 6.42. The van der Waals surface area contributed by atoms with Crippen molar-refractivity contribution in [3.05, 3.63) is 0 Å². The highest BCUT2D eigenvalue weighted by atomic mass is 16.7. The summed E-state index contributed by atoms with van der Waals surface area (Å²) in [7, 11) is 2.55. The van der Waals surface area contributed by atoms with Gasteiger partial charge in [0.15, 0.2) is 18.5 Å². The molecule has 1 saturated heterocycles. The molecule has 1 aliphatic heterocycles. The minimum atomic E-state index is -1.15. The summed E-state index contributed by atoms with van der Waals surface area (Å²) < 4.78 is 25.5. The Bertz CT molecular complexity index is 407. The molecular formula is C13H20O8. The second-order valence-electron chi connectivity index (χ2n) is 4.69. The number of esters is 3. The fourth-order valence-corrected chi connectivity index (χ4v) is 2.22. The first kappa shape index (κ1) is 17.4. The quantitative estimate of drug-likeness (QED) is 0.530. The van der Waals surface area contributed by atoms with E-state index in [4.69, 9.17) is 18.9 Å². The SMILES string of the molecule is COC(=O)C1OC(OC)C(OC(C)=O)C(C)C1OC(C)=O. The number of methoxy groups -OCH3 is 2. The molecule has 0 bridgehead atoms. The van der Waals surface area contributed by atoms with Gasteiger partial charge in [-0.2, -0.15) is 0 Å². The molecule has 0 aliphatic carbocycles. The first-order chi connectivity index (χ1) is 9.81. The molecule has 0 amide bonds. The van der Waals surface area contributed by atoms with Crippen LogP contribution < -0.4 is 0 Å². The third kappa shape index (κ3) is 4.15. The summed E-state index contributed by atoms with van der Waals surface area (Å²) in [6.45, 7) is 4.13. The van der Waals surface area contributed by atoms with Crippen LogP contribution in [-0.4, -0.2) is 56.7 Å². The Morgan fingerprint density at radius 3 is 1.90 bits per heavy atom. The maximum atomic E-state index is 11.8. The minimum Gasteiger partial charge on any atom is -0.467 e. The van der Waals surface area contributed by atoms with Crippen molar-refractivity contribution >= 4 is 17.9 Å². The van der Waals surface area contributed by atoms with Gasteiger partial charge in [0.05, 0.1) is 7.11 Å². The summed E-state index contributed by atoms with van der Waals surface area (Å²) >= 11 is 0. The number of carbonyl (C=O) groups excluding carboxylic acids is 3. The topological polar surface area (TPSA) is 97.4 Å². The van der Waals surface area contributed by atoms with Crippen LogP contribution in [0.5, 0.6) is 0 Å².